The Balaban J connectivity index is 3.07. The third-order valence-corrected chi connectivity index (χ3v) is 2.45. The minimum atomic E-state index is 0.208. The third kappa shape index (κ3) is 15.7. The van der Waals surface area contributed by atoms with Gasteiger partial charge in [0.25, 0.3) is 0 Å². The van der Waals surface area contributed by atoms with E-state index in [0.717, 1.165) is 19.6 Å². The standard InChI is InChI=1S/C14H30O5/c1-4-15-8-9-18-11-10-17-7-6-14(3)19-13-12-16-5-2/h14H,4-13H2,1-3H3. The van der Waals surface area contributed by atoms with Crippen LogP contribution >= 0.6 is 0 Å². The zero-order valence-corrected chi connectivity index (χ0v) is 12.7. The van der Waals surface area contributed by atoms with Gasteiger partial charge in [0.05, 0.1) is 45.7 Å². The molecule has 0 amide bonds. The summed E-state index contributed by atoms with van der Waals surface area (Å²) in [4.78, 5) is 0. The van der Waals surface area contributed by atoms with E-state index in [-0.39, 0.29) is 6.10 Å². The molecule has 0 radical (unpaired) electrons. The molecule has 0 aliphatic heterocycles. The second-order valence-corrected chi connectivity index (χ2v) is 4.09. The fourth-order valence-electron chi connectivity index (χ4n) is 1.37. The fraction of sp³-hybridized carbons (Fsp3) is 1.00. The summed E-state index contributed by atoms with van der Waals surface area (Å²) in [5, 5.41) is 0. The molecule has 0 aliphatic rings. The van der Waals surface area contributed by atoms with Gasteiger partial charge in [-0.25, -0.2) is 0 Å². The lowest BCUT2D eigenvalue weighted by molar-refractivity contribution is -0.0129. The molecule has 0 heterocycles. The Morgan fingerprint density at radius 1 is 0.632 bits per heavy atom. The Kier molecular flexibility index (Phi) is 15.7. The topological polar surface area (TPSA) is 46.2 Å². The summed E-state index contributed by atoms with van der Waals surface area (Å²) in [6.07, 6.45) is 1.10. The van der Waals surface area contributed by atoms with Gasteiger partial charge in [-0.3, -0.25) is 0 Å². The number of ether oxygens (including phenoxy) is 5. The van der Waals surface area contributed by atoms with E-state index in [4.69, 9.17) is 23.7 Å². The minimum absolute atomic E-state index is 0.208. The highest BCUT2D eigenvalue weighted by Gasteiger charge is 2.01. The van der Waals surface area contributed by atoms with Gasteiger partial charge in [-0.1, -0.05) is 0 Å². The first kappa shape index (κ1) is 18.8. The van der Waals surface area contributed by atoms with E-state index in [1.807, 2.05) is 20.8 Å². The van der Waals surface area contributed by atoms with Crippen LogP contribution in [0.15, 0.2) is 0 Å². The molecule has 0 saturated heterocycles. The molecule has 0 bridgehead atoms. The van der Waals surface area contributed by atoms with Gasteiger partial charge in [0.1, 0.15) is 0 Å². The molecule has 0 aromatic heterocycles. The lowest BCUT2D eigenvalue weighted by Gasteiger charge is -2.13. The van der Waals surface area contributed by atoms with Crippen LogP contribution in [0.25, 0.3) is 0 Å². The van der Waals surface area contributed by atoms with Crippen molar-refractivity contribution in [3.05, 3.63) is 0 Å². The molecule has 1 atom stereocenters. The maximum Gasteiger partial charge on any atom is 0.0704 e. The van der Waals surface area contributed by atoms with E-state index in [2.05, 4.69) is 0 Å². The molecule has 0 fully saturated rings. The lowest BCUT2D eigenvalue weighted by atomic mass is 10.3. The molecule has 0 saturated carbocycles. The van der Waals surface area contributed by atoms with Crippen molar-refractivity contribution >= 4 is 0 Å². The first-order valence-electron chi connectivity index (χ1n) is 7.23. The summed E-state index contributed by atoms with van der Waals surface area (Å²) >= 11 is 0. The number of rotatable bonds is 15. The van der Waals surface area contributed by atoms with Crippen LogP contribution in [0.5, 0.6) is 0 Å². The van der Waals surface area contributed by atoms with Gasteiger partial charge in [-0.05, 0) is 27.2 Å². The van der Waals surface area contributed by atoms with Crippen molar-refractivity contribution < 1.29 is 23.7 Å². The van der Waals surface area contributed by atoms with Gasteiger partial charge < -0.3 is 23.7 Å². The minimum Gasteiger partial charge on any atom is -0.379 e. The van der Waals surface area contributed by atoms with Crippen molar-refractivity contribution in [1.82, 2.24) is 0 Å². The van der Waals surface area contributed by atoms with E-state index in [1.54, 1.807) is 0 Å². The maximum atomic E-state index is 5.56. The first-order valence-corrected chi connectivity index (χ1v) is 7.23. The summed E-state index contributed by atoms with van der Waals surface area (Å²) < 4.78 is 26.7. The zero-order chi connectivity index (χ0) is 14.2. The van der Waals surface area contributed by atoms with Gasteiger partial charge >= 0.3 is 0 Å². The Hall–Kier alpha value is -0.200. The molecular weight excluding hydrogens is 248 g/mol. The Morgan fingerprint density at radius 3 is 1.68 bits per heavy atom. The Bertz CT molecular complexity index is 166. The highest BCUT2D eigenvalue weighted by atomic mass is 16.5. The zero-order valence-electron chi connectivity index (χ0n) is 12.7. The SMILES string of the molecule is CCOCCOCCOCCC(C)OCCOCC. The fourth-order valence-corrected chi connectivity index (χ4v) is 1.37. The summed E-state index contributed by atoms with van der Waals surface area (Å²) in [6, 6.07) is 0. The van der Waals surface area contributed by atoms with Crippen LogP contribution in [0.3, 0.4) is 0 Å². The third-order valence-electron chi connectivity index (χ3n) is 2.45. The Labute approximate surface area is 117 Å². The molecule has 5 nitrogen and oxygen atoms in total. The summed E-state index contributed by atoms with van der Waals surface area (Å²) in [6.45, 7) is 12.0. The van der Waals surface area contributed by atoms with Gasteiger partial charge in [0, 0.05) is 19.8 Å². The molecule has 0 aromatic rings. The highest BCUT2D eigenvalue weighted by Crippen LogP contribution is 1.97. The second kappa shape index (κ2) is 15.9. The van der Waals surface area contributed by atoms with E-state index in [9.17, 15) is 0 Å². The quantitative estimate of drug-likeness (QED) is 0.428. The average molecular weight is 278 g/mol. The summed E-state index contributed by atoms with van der Waals surface area (Å²) in [7, 11) is 0. The Morgan fingerprint density at radius 2 is 1.11 bits per heavy atom. The summed E-state index contributed by atoms with van der Waals surface area (Å²) in [5.74, 6) is 0. The predicted octanol–water partition coefficient (Wildman–Crippen LogP) is 1.89. The summed E-state index contributed by atoms with van der Waals surface area (Å²) in [5.41, 5.74) is 0. The molecule has 5 heteroatoms. The van der Waals surface area contributed by atoms with Crippen LogP contribution in [0.1, 0.15) is 27.2 Å². The molecule has 0 rings (SSSR count). The molecule has 0 spiro atoms. The largest absolute Gasteiger partial charge is 0.379 e. The van der Waals surface area contributed by atoms with Crippen molar-refractivity contribution in [2.75, 3.05) is 59.5 Å². The van der Waals surface area contributed by atoms with Gasteiger partial charge in [0.15, 0.2) is 0 Å². The van der Waals surface area contributed by atoms with E-state index >= 15 is 0 Å². The molecule has 1 unspecified atom stereocenters. The van der Waals surface area contributed by atoms with Crippen molar-refractivity contribution in [3.8, 4) is 0 Å². The molecule has 0 aliphatic carbocycles. The molecule has 116 valence electrons. The van der Waals surface area contributed by atoms with Crippen molar-refractivity contribution in [1.29, 1.82) is 0 Å². The number of hydrogen-bond donors (Lipinski definition) is 0. The van der Waals surface area contributed by atoms with E-state index in [1.165, 1.54) is 0 Å². The number of hydrogen-bond acceptors (Lipinski definition) is 5. The van der Waals surface area contributed by atoms with Crippen LogP contribution in [0, 0.1) is 0 Å². The van der Waals surface area contributed by atoms with Crippen LogP contribution in [-0.4, -0.2) is 65.6 Å². The van der Waals surface area contributed by atoms with Crippen molar-refractivity contribution in [2.45, 2.75) is 33.3 Å². The molecule has 0 aromatic carbocycles. The monoisotopic (exact) mass is 278 g/mol. The maximum absolute atomic E-state index is 5.56. The molecule has 0 N–H and O–H groups in total. The van der Waals surface area contributed by atoms with Crippen LogP contribution in [-0.2, 0) is 23.7 Å². The van der Waals surface area contributed by atoms with E-state index in [0.29, 0.717) is 46.2 Å². The van der Waals surface area contributed by atoms with Crippen LogP contribution in [0.4, 0.5) is 0 Å². The van der Waals surface area contributed by atoms with E-state index < -0.39 is 0 Å². The average Bonchev–Trinajstić information content (AvgIpc) is 2.42. The van der Waals surface area contributed by atoms with Gasteiger partial charge in [-0.15, -0.1) is 0 Å². The van der Waals surface area contributed by atoms with Gasteiger partial charge in [-0.2, -0.15) is 0 Å². The highest BCUT2D eigenvalue weighted by molar-refractivity contribution is 4.49. The molecule has 19 heavy (non-hydrogen) atoms. The molecular formula is C14H30O5. The van der Waals surface area contributed by atoms with Crippen LogP contribution in [0.2, 0.25) is 0 Å². The smallest absolute Gasteiger partial charge is 0.0704 e. The normalized spacial score (nSPS) is 12.8. The second-order valence-electron chi connectivity index (χ2n) is 4.09. The van der Waals surface area contributed by atoms with Crippen molar-refractivity contribution in [2.24, 2.45) is 0 Å². The lowest BCUT2D eigenvalue weighted by Crippen LogP contribution is -2.16. The van der Waals surface area contributed by atoms with Crippen molar-refractivity contribution in [3.63, 3.8) is 0 Å². The first-order chi connectivity index (χ1) is 9.31. The van der Waals surface area contributed by atoms with Crippen LogP contribution < -0.4 is 0 Å². The predicted molar refractivity (Wildman–Crippen MR) is 74.7 cm³/mol. The van der Waals surface area contributed by atoms with Gasteiger partial charge in [0.2, 0.25) is 0 Å².